The summed E-state index contributed by atoms with van der Waals surface area (Å²) < 4.78 is 16.5. The zero-order valence-electron chi connectivity index (χ0n) is 22.2. The van der Waals surface area contributed by atoms with Crippen molar-refractivity contribution >= 4 is 35.0 Å². The van der Waals surface area contributed by atoms with Gasteiger partial charge in [-0.1, -0.05) is 0 Å². The fourth-order valence-corrected chi connectivity index (χ4v) is 5.25. The molecule has 1 amide bonds. The number of amides is 1. The molecule has 0 unspecified atom stereocenters. The van der Waals surface area contributed by atoms with Gasteiger partial charge in [0.1, 0.15) is 11.6 Å². The largest absolute Gasteiger partial charge is 0.466 e. The third-order valence-corrected chi connectivity index (χ3v) is 7.20. The van der Waals surface area contributed by atoms with Crippen LogP contribution in [0.5, 0.6) is 0 Å². The first-order valence-electron chi connectivity index (χ1n) is 12.3. The van der Waals surface area contributed by atoms with E-state index in [1.807, 2.05) is 31.1 Å². The molecular weight excluding hydrogens is 498 g/mol. The number of rotatable bonds is 7. The average molecular weight is 534 g/mol. The van der Waals surface area contributed by atoms with E-state index in [9.17, 15) is 14.4 Å². The summed E-state index contributed by atoms with van der Waals surface area (Å²) in [6, 6.07) is -0.529. The van der Waals surface area contributed by atoms with Crippen LogP contribution in [0.4, 0.5) is 0 Å². The normalized spacial score (nSPS) is 22.9. The molecule has 1 N–H and O–H groups in total. The highest BCUT2D eigenvalue weighted by molar-refractivity contribution is 7.11. The molecule has 0 saturated carbocycles. The van der Waals surface area contributed by atoms with Crippen LogP contribution in [-0.4, -0.2) is 103 Å². The molecule has 2 atom stereocenters. The Hall–Kier alpha value is -2.83. The number of methoxy groups -OCH3 is 1. The Labute approximate surface area is 220 Å². The van der Waals surface area contributed by atoms with Crippen molar-refractivity contribution in [3.05, 3.63) is 27.9 Å². The van der Waals surface area contributed by atoms with Gasteiger partial charge in [0.05, 0.1) is 37.4 Å². The van der Waals surface area contributed by atoms with E-state index >= 15 is 0 Å². The first-order chi connectivity index (χ1) is 17.4. The van der Waals surface area contributed by atoms with Gasteiger partial charge in [-0.2, -0.15) is 0 Å². The van der Waals surface area contributed by atoms with Gasteiger partial charge < -0.3 is 24.4 Å². The van der Waals surface area contributed by atoms with Crippen LogP contribution in [0.15, 0.2) is 27.8 Å². The second kappa shape index (κ2) is 10.5. The molecule has 0 aliphatic carbocycles. The quantitative estimate of drug-likeness (QED) is 0.515. The lowest BCUT2D eigenvalue weighted by Crippen LogP contribution is -2.54. The van der Waals surface area contributed by atoms with Gasteiger partial charge in [0.25, 0.3) is 0 Å². The molecular formula is C25H35N5O6S. The lowest BCUT2D eigenvalue weighted by Gasteiger charge is -2.36. The number of esters is 2. The molecule has 37 heavy (non-hydrogen) atoms. The van der Waals surface area contributed by atoms with Crippen LogP contribution < -0.4 is 5.32 Å². The van der Waals surface area contributed by atoms with Crippen LogP contribution >= 0.6 is 11.3 Å². The van der Waals surface area contributed by atoms with E-state index in [1.54, 1.807) is 24.9 Å². The molecule has 3 aliphatic rings. The maximum atomic E-state index is 13.6. The zero-order chi connectivity index (χ0) is 27.0. The number of morpholine rings is 1. The van der Waals surface area contributed by atoms with Gasteiger partial charge in [-0.05, 0) is 34.6 Å². The number of amidine groups is 1. The minimum Gasteiger partial charge on any atom is -0.466 e. The van der Waals surface area contributed by atoms with E-state index in [0.717, 1.165) is 0 Å². The van der Waals surface area contributed by atoms with E-state index in [4.69, 9.17) is 14.2 Å². The van der Waals surface area contributed by atoms with Crippen molar-refractivity contribution in [2.24, 2.45) is 10.4 Å². The monoisotopic (exact) mass is 533 g/mol. The first kappa shape index (κ1) is 27.2. The summed E-state index contributed by atoms with van der Waals surface area (Å²) in [5, 5.41) is 5.83. The van der Waals surface area contributed by atoms with Crippen LogP contribution in [-0.2, 0) is 28.6 Å². The zero-order valence-corrected chi connectivity index (χ0v) is 23.0. The molecule has 0 radical (unpaired) electrons. The lowest BCUT2D eigenvalue weighted by molar-refractivity contribution is -0.167. The van der Waals surface area contributed by atoms with Gasteiger partial charge in [-0.3, -0.25) is 19.5 Å². The third kappa shape index (κ3) is 6.02. The van der Waals surface area contributed by atoms with Crippen molar-refractivity contribution in [3.8, 4) is 0 Å². The van der Waals surface area contributed by atoms with Crippen LogP contribution in [0.2, 0.25) is 0 Å². The molecule has 1 aromatic heterocycles. The molecule has 1 aromatic rings. The third-order valence-electron chi connectivity index (χ3n) is 6.42. The maximum Gasteiger partial charge on any atom is 0.337 e. The Bertz CT molecular complexity index is 1110. The number of nitrogens with one attached hydrogen (secondary N) is 1. The van der Waals surface area contributed by atoms with E-state index in [0.29, 0.717) is 48.4 Å². The predicted molar refractivity (Wildman–Crippen MR) is 137 cm³/mol. The summed E-state index contributed by atoms with van der Waals surface area (Å²) in [7, 11) is 1.34. The van der Waals surface area contributed by atoms with Crippen LogP contribution in [0.1, 0.15) is 39.6 Å². The van der Waals surface area contributed by atoms with Gasteiger partial charge in [-0.25, -0.2) is 9.78 Å². The number of ether oxygens (including phenoxy) is 3. The Morgan fingerprint density at radius 3 is 2.68 bits per heavy atom. The molecule has 4 rings (SSSR count). The number of aliphatic imine (C=N–C) groups is 1. The van der Waals surface area contributed by atoms with Crippen molar-refractivity contribution in [1.29, 1.82) is 0 Å². The number of hydrogen-bond acceptors (Lipinski definition) is 11. The fourth-order valence-electron chi connectivity index (χ4n) is 4.65. The van der Waals surface area contributed by atoms with Crippen LogP contribution in [0, 0.1) is 5.41 Å². The van der Waals surface area contributed by atoms with Crippen molar-refractivity contribution in [1.82, 2.24) is 20.1 Å². The minimum atomic E-state index is -0.883. The highest BCUT2D eigenvalue weighted by atomic mass is 32.1. The molecule has 11 nitrogen and oxygen atoms in total. The number of aromatic nitrogens is 1. The van der Waals surface area contributed by atoms with E-state index in [1.165, 1.54) is 18.4 Å². The summed E-state index contributed by atoms with van der Waals surface area (Å²) in [6.07, 6.45) is 1.36. The Kier molecular flexibility index (Phi) is 7.72. The maximum absolute atomic E-state index is 13.6. The molecule has 2 saturated heterocycles. The van der Waals surface area contributed by atoms with Gasteiger partial charge in [0.15, 0.2) is 10.8 Å². The molecule has 0 spiro atoms. The number of likely N-dealkylation sites (tertiary alicyclic amines) is 1. The standard InChI is InChI=1S/C25H35N5O6S/c1-24(2,3)36-23(33)25(4,5)14-30-13-17-18(21(30)31)29(8-9-35-17)12-16-15(22(32)34-6)11-27-19(28-16)20-26-7-10-37-20/h7,10,17-18H,8-9,11-14H2,1-6H3,(H,27,28)/t17-,18-/m0/s1. The Balaban J connectivity index is 1.51. The number of fused-ring (bicyclic) bond motifs is 1. The molecule has 0 aromatic carbocycles. The summed E-state index contributed by atoms with van der Waals surface area (Å²) >= 11 is 1.44. The second-order valence-corrected chi connectivity index (χ2v) is 11.9. The van der Waals surface area contributed by atoms with Crippen molar-refractivity contribution in [2.75, 3.05) is 46.4 Å². The van der Waals surface area contributed by atoms with Crippen molar-refractivity contribution in [2.45, 2.75) is 52.4 Å². The van der Waals surface area contributed by atoms with Gasteiger partial charge in [-0.15, -0.1) is 11.3 Å². The number of thiazole rings is 1. The predicted octanol–water partition coefficient (Wildman–Crippen LogP) is 1.20. The number of carbonyl (C=O) groups is 3. The first-order valence-corrected chi connectivity index (χ1v) is 13.2. The lowest BCUT2D eigenvalue weighted by atomic mass is 9.92. The van der Waals surface area contributed by atoms with Crippen molar-refractivity contribution < 1.29 is 28.6 Å². The highest BCUT2D eigenvalue weighted by Crippen LogP contribution is 2.30. The summed E-state index contributed by atoms with van der Waals surface area (Å²) in [6.45, 7) is 11.1. The summed E-state index contributed by atoms with van der Waals surface area (Å²) in [5.74, 6) is -0.339. The summed E-state index contributed by atoms with van der Waals surface area (Å²) in [4.78, 5) is 51.4. The van der Waals surface area contributed by atoms with Crippen molar-refractivity contribution in [3.63, 3.8) is 0 Å². The minimum absolute atomic E-state index is 0.105. The number of nitrogens with zero attached hydrogens (tertiary/aromatic N) is 4. The smallest absolute Gasteiger partial charge is 0.337 e. The Morgan fingerprint density at radius 2 is 2.03 bits per heavy atom. The molecule has 202 valence electrons. The number of hydrogen-bond donors (Lipinski definition) is 1. The molecule has 3 aliphatic heterocycles. The fraction of sp³-hybridized carbons (Fsp3) is 0.640. The Morgan fingerprint density at radius 1 is 1.27 bits per heavy atom. The molecule has 12 heteroatoms. The second-order valence-electron chi connectivity index (χ2n) is 11.0. The molecule has 2 fully saturated rings. The van der Waals surface area contributed by atoms with Gasteiger partial charge >= 0.3 is 11.9 Å². The van der Waals surface area contributed by atoms with Crippen LogP contribution in [0.25, 0.3) is 0 Å². The number of carbonyl (C=O) groups excluding carboxylic acids is 3. The molecule has 0 bridgehead atoms. The van der Waals surface area contributed by atoms with Gasteiger partial charge in [0.2, 0.25) is 5.91 Å². The highest BCUT2D eigenvalue weighted by Gasteiger charge is 2.49. The van der Waals surface area contributed by atoms with E-state index < -0.39 is 23.0 Å². The average Bonchev–Trinajstić information content (AvgIpc) is 3.46. The SMILES string of the molecule is COC(=O)C1=C(CN2CCO[C@H]3CN(CC(C)(C)C(=O)OC(C)(C)C)C(=O)[C@H]32)NC(c2nccs2)=NC1. The van der Waals surface area contributed by atoms with Crippen LogP contribution in [0.3, 0.4) is 0 Å². The topological polar surface area (TPSA) is 123 Å². The van der Waals surface area contributed by atoms with E-state index in [2.05, 4.69) is 15.3 Å². The molecule has 4 heterocycles. The van der Waals surface area contributed by atoms with E-state index in [-0.39, 0.29) is 31.1 Å². The summed E-state index contributed by atoms with van der Waals surface area (Å²) in [5.41, 5.74) is -0.450. The van der Waals surface area contributed by atoms with Gasteiger partial charge in [0, 0.05) is 43.5 Å².